The lowest BCUT2D eigenvalue weighted by molar-refractivity contribution is -0.135. The average Bonchev–Trinajstić information content (AvgIpc) is 2.82. The number of hydrogen-bond donors (Lipinski definition) is 0. The highest BCUT2D eigenvalue weighted by atomic mass is 32.2. The fourth-order valence-corrected chi connectivity index (χ4v) is 3.11. The molecule has 0 unspecified atom stereocenters. The second kappa shape index (κ2) is 5.88. The van der Waals surface area contributed by atoms with Crippen molar-refractivity contribution in [1.29, 1.82) is 0 Å². The number of aromatic nitrogens is 1. The van der Waals surface area contributed by atoms with E-state index in [9.17, 15) is 21.6 Å². The zero-order valence-electron chi connectivity index (χ0n) is 11.6. The van der Waals surface area contributed by atoms with E-state index in [4.69, 9.17) is 4.18 Å². The maximum absolute atomic E-state index is 13.0. The van der Waals surface area contributed by atoms with Crippen LogP contribution in [0.1, 0.15) is 17.5 Å². The molecule has 4 nitrogen and oxygen atoms in total. The molecule has 2 heterocycles. The molecule has 0 saturated carbocycles. The zero-order valence-corrected chi connectivity index (χ0v) is 13.3. The molecule has 0 aromatic carbocycles. The zero-order chi connectivity index (χ0) is 16.5. The number of rotatable bonds is 4. The van der Waals surface area contributed by atoms with Gasteiger partial charge in [-0.15, -0.1) is 11.3 Å². The first-order valence-corrected chi connectivity index (χ1v) is 8.63. The minimum atomic E-state index is -4.69. The lowest BCUT2D eigenvalue weighted by Gasteiger charge is -2.11. The van der Waals surface area contributed by atoms with Crippen molar-refractivity contribution in [1.82, 2.24) is 4.98 Å². The standard InChI is InChI=1S/C13H12F3NO3S2/c1-3-22(18,19)20-11-10(7-21-12(11)13(14,15)16)9-5-4-8(2)17-6-9/h4-7H,3H2,1-2H3. The predicted octanol–water partition coefficient (Wildman–Crippen LogP) is 3.87. The smallest absolute Gasteiger partial charge is 0.380 e. The molecule has 0 N–H and O–H groups in total. The Morgan fingerprint density at radius 1 is 1.32 bits per heavy atom. The monoisotopic (exact) mass is 351 g/mol. The van der Waals surface area contributed by atoms with E-state index >= 15 is 0 Å². The number of nitrogens with zero attached hydrogens (tertiary/aromatic N) is 1. The van der Waals surface area contributed by atoms with Crippen molar-refractivity contribution >= 4 is 21.5 Å². The minimum Gasteiger partial charge on any atom is -0.380 e. The molecular weight excluding hydrogens is 339 g/mol. The molecule has 0 saturated heterocycles. The Morgan fingerprint density at radius 3 is 2.50 bits per heavy atom. The number of aryl methyl sites for hydroxylation is 1. The number of halogens is 3. The first-order chi connectivity index (χ1) is 10.1. The van der Waals surface area contributed by atoms with Crippen LogP contribution < -0.4 is 4.18 Å². The second-order valence-electron chi connectivity index (χ2n) is 4.42. The molecule has 0 bridgehead atoms. The van der Waals surface area contributed by atoms with Gasteiger partial charge in [-0.2, -0.15) is 21.6 Å². The highest BCUT2D eigenvalue weighted by Crippen LogP contribution is 2.47. The minimum absolute atomic E-state index is 0.0573. The Balaban J connectivity index is 2.60. The quantitative estimate of drug-likeness (QED) is 0.785. The molecule has 2 aromatic heterocycles. The van der Waals surface area contributed by atoms with E-state index in [1.54, 1.807) is 19.1 Å². The Labute approximate surface area is 129 Å². The third-order valence-corrected chi connectivity index (χ3v) is 4.92. The van der Waals surface area contributed by atoms with Crippen LogP contribution in [0.25, 0.3) is 11.1 Å². The highest BCUT2D eigenvalue weighted by molar-refractivity contribution is 7.87. The fourth-order valence-electron chi connectivity index (χ4n) is 1.64. The summed E-state index contributed by atoms with van der Waals surface area (Å²) in [5.41, 5.74) is 1.11. The van der Waals surface area contributed by atoms with Gasteiger partial charge in [-0.05, 0) is 19.9 Å². The van der Waals surface area contributed by atoms with Crippen LogP contribution in [-0.4, -0.2) is 19.2 Å². The summed E-state index contributed by atoms with van der Waals surface area (Å²) in [6.45, 7) is 3.03. The van der Waals surface area contributed by atoms with Gasteiger partial charge in [-0.1, -0.05) is 6.07 Å². The summed E-state index contributed by atoms with van der Waals surface area (Å²) in [6, 6.07) is 3.19. The molecule has 0 aliphatic carbocycles. The van der Waals surface area contributed by atoms with Crippen molar-refractivity contribution in [3.05, 3.63) is 34.3 Å². The van der Waals surface area contributed by atoms with Gasteiger partial charge in [0.25, 0.3) is 0 Å². The number of alkyl halides is 3. The van der Waals surface area contributed by atoms with Gasteiger partial charge in [-0.25, -0.2) is 0 Å². The van der Waals surface area contributed by atoms with Crippen LogP contribution in [0.3, 0.4) is 0 Å². The van der Waals surface area contributed by atoms with Gasteiger partial charge in [0.1, 0.15) is 0 Å². The molecule has 0 spiro atoms. The van der Waals surface area contributed by atoms with E-state index in [1.807, 2.05) is 0 Å². The molecule has 2 aromatic rings. The molecule has 9 heteroatoms. The van der Waals surface area contributed by atoms with Crippen LogP contribution in [-0.2, 0) is 16.3 Å². The summed E-state index contributed by atoms with van der Waals surface area (Å²) in [4.78, 5) is 2.92. The Hall–Kier alpha value is -1.61. The highest BCUT2D eigenvalue weighted by Gasteiger charge is 2.39. The Kier molecular flexibility index (Phi) is 4.48. The normalized spacial score (nSPS) is 12.4. The van der Waals surface area contributed by atoms with Crippen molar-refractivity contribution < 1.29 is 25.8 Å². The SMILES string of the molecule is CCS(=O)(=O)Oc1c(-c2ccc(C)nc2)csc1C(F)(F)F. The molecule has 0 fully saturated rings. The average molecular weight is 351 g/mol. The van der Waals surface area contributed by atoms with Crippen molar-refractivity contribution in [3.63, 3.8) is 0 Å². The van der Waals surface area contributed by atoms with E-state index < -0.39 is 32.7 Å². The number of pyridine rings is 1. The van der Waals surface area contributed by atoms with E-state index in [1.165, 1.54) is 18.5 Å². The van der Waals surface area contributed by atoms with Crippen LogP contribution in [0.15, 0.2) is 23.7 Å². The summed E-state index contributed by atoms with van der Waals surface area (Å²) in [6.07, 6.45) is -3.32. The maximum atomic E-state index is 13.0. The Morgan fingerprint density at radius 2 is 2.00 bits per heavy atom. The summed E-state index contributed by atoms with van der Waals surface area (Å²) in [7, 11) is -4.08. The van der Waals surface area contributed by atoms with Crippen LogP contribution in [0.5, 0.6) is 5.75 Å². The van der Waals surface area contributed by atoms with Crippen LogP contribution in [0.4, 0.5) is 13.2 Å². The lowest BCUT2D eigenvalue weighted by atomic mass is 10.1. The first kappa shape index (κ1) is 16.8. The molecule has 0 radical (unpaired) electrons. The maximum Gasteiger partial charge on any atom is 0.429 e. The second-order valence-corrected chi connectivity index (χ2v) is 7.16. The molecule has 22 heavy (non-hydrogen) atoms. The van der Waals surface area contributed by atoms with Gasteiger partial charge in [0.15, 0.2) is 10.6 Å². The topological polar surface area (TPSA) is 56.3 Å². The van der Waals surface area contributed by atoms with Crippen molar-refractivity contribution in [2.75, 3.05) is 5.75 Å². The number of thiophene rings is 1. The molecule has 2 rings (SSSR count). The van der Waals surface area contributed by atoms with Gasteiger partial charge in [-0.3, -0.25) is 4.98 Å². The molecule has 0 atom stereocenters. The molecule has 0 aliphatic heterocycles. The van der Waals surface area contributed by atoms with Crippen LogP contribution in [0, 0.1) is 6.92 Å². The van der Waals surface area contributed by atoms with E-state index in [0.29, 0.717) is 22.6 Å². The predicted molar refractivity (Wildman–Crippen MR) is 77.4 cm³/mol. The molecular formula is C13H12F3NO3S2. The van der Waals surface area contributed by atoms with Crippen molar-refractivity contribution in [2.24, 2.45) is 0 Å². The van der Waals surface area contributed by atoms with Gasteiger partial charge in [0, 0.05) is 28.4 Å². The molecule has 0 aliphatic rings. The van der Waals surface area contributed by atoms with Crippen LogP contribution in [0.2, 0.25) is 0 Å². The summed E-state index contributed by atoms with van der Waals surface area (Å²) in [5, 5.41) is 1.22. The summed E-state index contributed by atoms with van der Waals surface area (Å²) >= 11 is 0.391. The van der Waals surface area contributed by atoms with Gasteiger partial charge in [0.05, 0.1) is 5.75 Å². The lowest BCUT2D eigenvalue weighted by Crippen LogP contribution is -2.14. The van der Waals surface area contributed by atoms with E-state index in [2.05, 4.69) is 4.98 Å². The largest absolute Gasteiger partial charge is 0.429 e. The van der Waals surface area contributed by atoms with Crippen LogP contribution >= 0.6 is 11.3 Å². The fraction of sp³-hybridized carbons (Fsp3) is 0.308. The summed E-state index contributed by atoms with van der Waals surface area (Å²) < 4.78 is 67.0. The van der Waals surface area contributed by atoms with Crippen molar-refractivity contribution in [3.8, 4) is 16.9 Å². The molecule has 120 valence electrons. The van der Waals surface area contributed by atoms with E-state index in [0.717, 1.165) is 0 Å². The van der Waals surface area contributed by atoms with Crippen molar-refractivity contribution in [2.45, 2.75) is 20.0 Å². The third-order valence-electron chi connectivity index (χ3n) is 2.79. The van der Waals surface area contributed by atoms with E-state index in [-0.39, 0.29) is 5.56 Å². The molecule has 0 amide bonds. The summed E-state index contributed by atoms with van der Waals surface area (Å²) in [5.74, 6) is -1.11. The van der Waals surface area contributed by atoms with Gasteiger partial charge in [0.2, 0.25) is 0 Å². The van der Waals surface area contributed by atoms with Gasteiger partial charge >= 0.3 is 16.3 Å². The number of hydrogen-bond acceptors (Lipinski definition) is 5. The van der Waals surface area contributed by atoms with Gasteiger partial charge < -0.3 is 4.18 Å². The Bertz CT molecular complexity index is 765. The third kappa shape index (κ3) is 3.58. The first-order valence-electron chi connectivity index (χ1n) is 6.18.